The summed E-state index contributed by atoms with van der Waals surface area (Å²) in [5.41, 5.74) is 0.416. The Morgan fingerprint density at radius 3 is 2.35 bits per heavy atom. The minimum Gasteiger partial charge on any atom is -0.497 e. The van der Waals surface area contributed by atoms with Gasteiger partial charge in [0.15, 0.2) is 0 Å². The van der Waals surface area contributed by atoms with Crippen molar-refractivity contribution in [3.63, 3.8) is 0 Å². The molecule has 1 N–H and O–H groups in total. The molecule has 7 nitrogen and oxygen atoms in total. The average Bonchev–Trinajstić information content (AvgIpc) is 3.00. The second-order valence-electron chi connectivity index (χ2n) is 6.35. The fourth-order valence-electron chi connectivity index (χ4n) is 3.46. The third-order valence-electron chi connectivity index (χ3n) is 4.78. The molecule has 1 heterocycles. The Morgan fingerprint density at radius 1 is 1.12 bits per heavy atom. The number of nitrogens with zero attached hydrogens (tertiary/aromatic N) is 1. The van der Waals surface area contributed by atoms with Crippen LogP contribution in [0.3, 0.4) is 0 Å². The molecular weight excluding hydrogens is 356 g/mol. The second kappa shape index (κ2) is 7.99. The Kier molecular flexibility index (Phi) is 5.70. The zero-order valence-electron chi connectivity index (χ0n) is 14.8. The van der Waals surface area contributed by atoms with Gasteiger partial charge in [0.05, 0.1) is 32.1 Å². The van der Waals surface area contributed by atoms with Crippen LogP contribution < -0.4 is 14.8 Å². The normalized spacial score (nSPS) is 23.1. The smallest absolute Gasteiger partial charge is 0.289 e. The fraction of sp³-hybridized carbons (Fsp3) is 0.500. The molecular formula is C18H22N2O5S. The Bertz CT molecular complexity index is 685. The number of carbonyl (C=O) groups excluding carboxylic acids is 3. The molecule has 1 aromatic carbocycles. The van der Waals surface area contributed by atoms with Crippen molar-refractivity contribution in [2.24, 2.45) is 0 Å². The van der Waals surface area contributed by atoms with Crippen LogP contribution in [0.5, 0.6) is 11.5 Å². The van der Waals surface area contributed by atoms with Crippen LogP contribution in [0, 0.1) is 0 Å². The highest BCUT2D eigenvalue weighted by Gasteiger charge is 2.41. The highest BCUT2D eigenvalue weighted by atomic mass is 32.2. The van der Waals surface area contributed by atoms with Crippen LogP contribution >= 0.6 is 11.8 Å². The first-order valence-corrected chi connectivity index (χ1v) is 9.55. The van der Waals surface area contributed by atoms with Gasteiger partial charge in [-0.1, -0.05) is 24.6 Å². The number of hydrogen-bond acceptors (Lipinski definition) is 6. The van der Waals surface area contributed by atoms with E-state index in [1.54, 1.807) is 18.2 Å². The number of carbonyl (C=O) groups is 3. The first-order valence-electron chi connectivity index (χ1n) is 8.56. The second-order valence-corrected chi connectivity index (χ2v) is 7.28. The summed E-state index contributed by atoms with van der Waals surface area (Å²) < 4.78 is 10.4. The summed E-state index contributed by atoms with van der Waals surface area (Å²) in [5.74, 6) is 0.787. The molecule has 2 aliphatic rings. The Hall–Kier alpha value is -2.22. The van der Waals surface area contributed by atoms with Crippen molar-refractivity contribution in [1.29, 1.82) is 0 Å². The summed E-state index contributed by atoms with van der Waals surface area (Å²) in [6.45, 7) is 0. The van der Waals surface area contributed by atoms with Crippen LogP contribution in [0.4, 0.5) is 4.79 Å². The lowest BCUT2D eigenvalue weighted by molar-refractivity contribution is -0.127. The summed E-state index contributed by atoms with van der Waals surface area (Å²) in [6, 6.07) is 4.43. The van der Waals surface area contributed by atoms with Crippen LogP contribution in [0.15, 0.2) is 18.2 Å². The van der Waals surface area contributed by atoms with Gasteiger partial charge in [0.2, 0.25) is 5.91 Å². The van der Waals surface area contributed by atoms with E-state index in [1.807, 2.05) is 0 Å². The first kappa shape index (κ1) is 18.6. The number of thioether (sulfide) groups is 1. The molecule has 0 unspecified atom stereocenters. The van der Waals surface area contributed by atoms with E-state index in [9.17, 15) is 14.4 Å². The van der Waals surface area contributed by atoms with Crippen LogP contribution in [-0.4, -0.2) is 54.0 Å². The minimum absolute atomic E-state index is 0.172. The van der Waals surface area contributed by atoms with Gasteiger partial charge < -0.3 is 14.8 Å². The van der Waals surface area contributed by atoms with E-state index >= 15 is 0 Å². The summed E-state index contributed by atoms with van der Waals surface area (Å²) in [7, 11) is 3.05. The summed E-state index contributed by atoms with van der Waals surface area (Å²) >= 11 is 1.03. The van der Waals surface area contributed by atoms with E-state index in [0.29, 0.717) is 23.5 Å². The van der Waals surface area contributed by atoms with Gasteiger partial charge >= 0.3 is 0 Å². The lowest BCUT2D eigenvalue weighted by Crippen LogP contribution is -2.54. The quantitative estimate of drug-likeness (QED) is 0.847. The van der Waals surface area contributed by atoms with E-state index in [1.165, 1.54) is 19.1 Å². The summed E-state index contributed by atoms with van der Waals surface area (Å²) in [6.07, 6.45) is 3.33. The zero-order chi connectivity index (χ0) is 18.7. The van der Waals surface area contributed by atoms with Gasteiger partial charge in [0, 0.05) is 11.6 Å². The van der Waals surface area contributed by atoms with Crippen molar-refractivity contribution in [2.45, 2.75) is 37.8 Å². The van der Waals surface area contributed by atoms with E-state index < -0.39 is 0 Å². The standard InChI is InChI=1S/C18H22N2O5S/c1-24-12-7-11(8-13(9-12)25-2)17(22)19-14-5-3-4-6-15(14)20-16(21)10-26-18(20)23/h7-9,14-15H,3-6,10H2,1-2H3,(H,19,22)/t14-,15+/m1/s1. The number of hydrogen-bond donors (Lipinski definition) is 1. The number of methoxy groups -OCH3 is 2. The van der Waals surface area contributed by atoms with Gasteiger partial charge in [-0.3, -0.25) is 19.3 Å². The molecule has 0 radical (unpaired) electrons. The Labute approximate surface area is 156 Å². The van der Waals surface area contributed by atoms with Crippen molar-refractivity contribution < 1.29 is 23.9 Å². The molecule has 0 spiro atoms. The van der Waals surface area contributed by atoms with Crippen LogP contribution in [0.1, 0.15) is 36.0 Å². The van der Waals surface area contributed by atoms with Gasteiger partial charge in [-0.2, -0.15) is 0 Å². The number of nitrogens with one attached hydrogen (secondary N) is 1. The van der Waals surface area contributed by atoms with Crippen LogP contribution in [-0.2, 0) is 4.79 Å². The number of benzene rings is 1. The zero-order valence-corrected chi connectivity index (χ0v) is 15.6. The summed E-state index contributed by atoms with van der Waals surface area (Å²) in [5, 5.41) is 2.78. The number of imide groups is 1. The van der Waals surface area contributed by atoms with E-state index in [4.69, 9.17) is 9.47 Å². The van der Waals surface area contributed by atoms with Gasteiger partial charge in [-0.05, 0) is 25.0 Å². The number of rotatable bonds is 5. The molecule has 2 atom stereocenters. The molecule has 26 heavy (non-hydrogen) atoms. The van der Waals surface area contributed by atoms with Crippen molar-refractivity contribution in [3.8, 4) is 11.5 Å². The monoisotopic (exact) mass is 378 g/mol. The SMILES string of the molecule is COc1cc(OC)cc(C(=O)N[C@@H]2CCCC[C@@H]2N2C(=O)CSC2=O)c1. The maximum absolute atomic E-state index is 12.8. The van der Waals surface area contributed by atoms with Crippen molar-refractivity contribution in [3.05, 3.63) is 23.8 Å². The Balaban J connectivity index is 1.78. The number of ether oxygens (including phenoxy) is 2. The van der Waals surface area contributed by atoms with Crippen molar-refractivity contribution >= 4 is 28.8 Å². The molecule has 1 aliphatic carbocycles. The molecule has 1 saturated carbocycles. The van der Waals surface area contributed by atoms with Gasteiger partial charge in [0.25, 0.3) is 11.1 Å². The van der Waals surface area contributed by atoms with Crippen molar-refractivity contribution in [1.82, 2.24) is 10.2 Å². The third-order valence-corrected chi connectivity index (χ3v) is 5.61. The average molecular weight is 378 g/mol. The van der Waals surface area contributed by atoms with Crippen molar-refractivity contribution in [2.75, 3.05) is 20.0 Å². The van der Waals surface area contributed by atoms with Gasteiger partial charge in [0.1, 0.15) is 11.5 Å². The molecule has 8 heteroatoms. The first-order chi connectivity index (χ1) is 12.5. The van der Waals surface area contributed by atoms with Gasteiger partial charge in [-0.15, -0.1) is 0 Å². The molecule has 1 aliphatic heterocycles. The minimum atomic E-state index is -0.282. The topological polar surface area (TPSA) is 84.9 Å². The molecule has 0 aromatic heterocycles. The predicted molar refractivity (Wildman–Crippen MR) is 97.8 cm³/mol. The van der Waals surface area contributed by atoms with E-state index in [2.05, 4.69) is 5.32 Å². The van der Waals surface area contributed by atoms with Crippen LogP contribution in [0.2, 0.25) is 0 Å². The highest BCUT2D eigenvalue weighted by molar-refractivity contribution is 8.14. The molecule has 1 saturated heterocycles. The molecule has 140 valence electrons. The highest BCUT2D eigenvalue weighted by Crippen LogP contribution is 2.30. The molecule has 3 amide bonds. The Morgan fingerprint density at radius 2 is 1.77 bits per heavy atom. The number of amides is 3. The van der Waals surface area contributed by atoms with Gasteiger partial charge in [-0.25, -0.2) is 0 Å². The fourth-order valence-corrected chi connectivity index (χ4v) is 4.23. The predicted octanol–water partition coefficient (Wildman–Crippen LogP) is 2.44. The lowest BCUT2D eigenvalue weighted by Gasteiger charge is -2.36. The maximum Gasteiger partial charge on any atom is 0.289 e. The van der Waals surface area contributed by atoms with E-state index in [-0.39, 0.29) is 34.9 Å². The molecule has 0 bridgehead atoms. The lowest BCUT2D eigenvalue weighted by atomic mass is 9.89. The third kappa shape index (κ3) is 3.80. The molecule has 1 aromatic rings. The molecule has 2 fully saturated rings. The largest absolute Gasteiger partial charge is 0.497 e. The summed E-state index contributed by atoms with van der Waals surface area (Å²) in [4.78, 5) is 38.3. The van der Waals surface area contributed by atoms with E-state index in [0.717, 1.165) is 31.0 Å². The maximum atomic E-state index is 12.8. The van der Waals surface area contributed by atoms with Crippen LogP contribution in [0.25, 0.3) is 0 Å². The molecule has 3 rings (SSSR count).